The summed E-state index contributed by atoms with van der Waals surface area (Å²) in [6, 6.07) is 21.9. The predicted octanol–water partition coefficient (Wildman–Crippen LogP) is 2.60. The van der Waals surface area contributed by atoms with Gasteiger partial charge in [-0.05, 0) is 17.7 Å². The summed E-state index contributed by atoms with van der Waals surface area (Å²) in [6.45, 7) is 5.38. The number of rotatable bonds is 5. The fourth-order valence-electron chi connectivity index (χ4n) is 3.12. The Morgan fingerprint density at radius 2 is 1.73 bits per heavy atom. The zero-order chi connectivity index (χ0) is 15.2. The van der Waals surface area contributed by atoms with Crippen LogP contribution in [0.5, 0.6) is 0 Å². The highest BCUT2D eigenvalue weighted by Crippen LogP contribution is 2.13. The molecule has 0 aromatic heterocycles. The topological polar surface area (TPSA) is 18.5 Å². The number of benzene rings is 2. The van der Waals surface area contributed by atoms with E-state index in [0.29, 0.717) is 6.04 Å². The van der Waals surface area contributed by atoms with Gasteiger partial charge in [0.2, 0.25) is 0 Å². The Balaban J connectivity index is 1.54. The average molecular weight is 295 g/mol. The maximum Gasteiger partial charge on any atom is 0.0371 e. The number of likely N-dealkylation sites (N-methyl/N-ethyl adjacent to an activating group) is 1. The van der Waals surface area contributed by atoms with Crippen LogP contribution in [0.1, 0.15) is 5.56 Å². The number of hydrogen-bond donors (Lipinski definition) is 1. The van der Waals surface area contributed by atoms with Crippen molar-refractivity contribution in [2.45, 2.75) is 12.6 Å². The molecule has 1 atom stereocenters. The maximum atomic E-state index is 3.65. The molecule has 0 amide bonds. The van der Waals surface area contributed by atoms with Crippen LogP contribution in [-0.2, 0) is 6.54 Å². The van der Waals surface area contributed by atoms with Gasteiger partial charge in [0, 0.05) is 51.5 Å². The van der Waals surface area contributed by atoms with Gasteiger partial charge in [-0.1, -0.05) is 48.5 Å². The molecule has 116 valence electrons. The van der Waals surface area contributed by atoms with Gasteiger partial charge in [-0.2, -0.15) is 0 Å². The summed E-state index contributed by atoms with van der Waals surface area (Å²) >= 11 is 0. The van der Waals surface area contributed by atoms with E-state index in [1.54, 1.807) is 0 Å². The quantitative estimate of drug-likeness (QED) is 0.915. The highest BCUT2D eigenvalue weighted by atomic mass is 15.2. The van der Waals surface area contributed by atoms with E-state index < -0.39 is 0 Å². The summed E-state index contributed by atoms with van der Waals surface area (Å²) < 4.78 is 0. The van der Waals surface area contributed by atoms with Crippen molar-refractivity contribution in [2.24, 2.45) is 0 Å². The number of nitrogens with zero attached hydrogens (tertiary/aromatic N) is 2. The van der Waals surface area contributed by atoms with E-state index >= 15 is 0 Å². The zero-order valence-corrected chi connectivity index (χ0v) is 13.3. The van der Waals surface area contributed by atoms with E-state index in [2.05, 4.69) is 82.8 Å². The third-order valence-electron chi connectivity index (χ3n) is 4.28. The molecule has 2 aromatic rings. The van der Waals surface area contributed by atoms with Crippen LogP contribution in [0.15, 0.2) is 60.7 Å². The Kier molecular flexibility index (Phi) is 5.09. The third kappa shape index (κ3) is 4.09. The summed E-state index contributed by atoms with van der Waals surface area (Å²) in [5, 5.41) is 3.65. The van der Waals surface area contributed by atoms with E-state index in [9.17, 15) is 0 Å². The average Bonchev–Trinajstić information content (AvgIpc) is 2.57. The highest BCUT2D eigenvalue weighted by Gasteiger charge is 2.20. The maximum absolute atomic E-state index is 3.65. The molecule has 1 unspecified atom stereocenters. The summed E-state index contributed by atoms with van der Waals surface area (Å²) in [5.74, 6) is 0. The van der Waals surface area contributed by atoms with Crippen LogP contribution < -0.4 is 10.2 Å². The summed E-state index contributed by atoms with van der Waals surface area (Å²) in [7, 11) is 2.17. The Morgan fingerprint density at radius 3 is 2.45 bits per heavy atom. The van der Waals surface area contributed by atoms with Gasteiger partial charge in [0.25, 0.3) is 0 Å². The van der Waals surface area contributed by atoms with Crippen LogP contribution in [0.4, 0.5) is 5.69 Å². The summed E-state index contributed by atoms with van der Waals surface area (Å²) in [6.07, 6.45) is 0. The van der Waals surface area contributed by atoms with Crippen LogP contribution in [-0.4, -0.2) is 44.2 Å². The van der Waals surface area contributed by atoms with Crippen molar-refractivity contribution in [1.29, 1.82) is 0 Å². The minimum absolute atomic E-state index is 0.516. The summed E-state index contributed by atoms with van der Waals surface area (Å²) in [4.78, 5) is 4.89. The lowest BCUT2D eigenvalue weighted by molar-refractivity contribution is 0.194. The second-order valence-corrected chi connectivity index (χ2v) is 6.09. The van der Waals surface area contributed by atoms with Crippen molar-refractivity contribution in [3.05, 3.63) is 66.2 Å². The Morgan fingerprint density at radius 1 is 1.05 bits per heavy atom. The van der Waals surface area contributed by atoms with Gasteiger partial charge in [0.1, 0.15) is 0 Å². The summed E-state index contributed by atoms with van der Waals surface area (Å²) in [5.41, 5.74) is 2.68. The highest BCUT2D eigenvalue weighted by molar-refractivity contribution is 5.45. The van der Waals surface area contributed by atoms with Crippen LogP contribution in [0.25, 0.3) is 0 Å². The van der Waals surface area contributed by atoms with E-state index in [1.165, 1.54) is 11.3 Å². The fraction of sp³-hybridized carbons (Fsp3) is 0.368. The van der Waals surface area contributed by atoms with E-state index in [0.717, 1.165) is 32.7 Å². The predicted molar refractivity (Wildman–Crippen MR) is 93.2 cm³/mol. The first-order chi connectivity index (χ1) is 10.8. The molecule has 1 aliphatic heterocycles. The molecular formula is C19H25N3. The first kappa shape index (κ1) is 15.1. The van der Waals surface area contributed by atoms with Crippen molar-refractivity contribution < 1.29 is 0 Å². The van der Waals surface area contributed by atoms with Crippen LogP contribution in [0.2, 0.25) is 0 Å². The molecule has 0 spiro atoms. The minimum atomic E-state index is 0.516. The Bertz CT molecular complexity index is 555. The SMILES string of the molecule is CN(CC1CN(Cc2ccccc2)CCN1)c1ccccc1. The largest absolute Gasteiger partial charge is 0.373 e. The van der Waals surface area contributed by atoms with Crippen LogP contribution in [0, 0.1) is 0 Å². The molecule has 0 aliphatic carbocycles. The number of nitrogens with one attached hydrogen (secondary N) is 1. The van der Waals surface area contributed by atoms with Gasteiger partial charge < -0.3 is 10.2 Å². The number of hydrogen-bond acceptors (Lipinski definition) is 3. The standard InChI is InChI=1S/C19H25N3/c1-21(19-10-6-3-7-11-19)15-18-16-22(13-12-20-18)14-17-8-4-2-5-9-17/h2-11,18,20H,12-16H2,1H3. The molecule has 1 N–H and O–H groups in total. The van der Waals surface area contributed by atoms with Gasteiger partial charge in [-0.25, -0.2) is 0 Å². The monoisotopic (exact) mass is 295 g/mol. The molecule has 1 saturated heterocycles. The number of anilines is 1. The van der Waals surface area contributed by atoms with Gasteiger partial charge >= 0.3 is 0 Å². The van der Waals surface area contributed by atoms with E-state index in [-0.39, 0.29) is 0 Å². The molecule has 0 saturated carbocycles. The molecule has 0 radical (unpaired) electrons. The lowest BCUT2D eigenvalue weighted by Gasteiger charge is -2.36. The Labute approximate surface area is 133 Å². The number of piperazine rings is 1. The normalized spacial score (nSPS) is 19.0. The smallest absolute Gasteiger partial charge is 0.0371 e. The first-order valence-corrected chi connectivity index (χ1v) is 8.07. The molecule has 1 fully saturated rings. The molecule has 3 heteroatoms. The van der Waals surface area contributed by atoms with Crippen LogP contribution >= 0.6 is 0 Å². The molecule has 22 heavy (non-hydrogen) atoms. The fourth-order valence-corrected chi connectivity index (χ4v) is 3.12. The molecule has 1 aliphatic rings. The third-order valence-corrected chi connectivity index (χ3v) is 4.28. The molecule has 3 nitrogen and oxygen atoms in total. The van der Waals surface area contributed by atoms with Gasteiger partial charge in [-0.15, -0.1) is 0 Å². The minimum Gasteiger partial charge on any atom is -0.373 e. The van der Waals surface area contributed by atoms with Gasteiger partial charge in [-0.3, -0.25) is 4.90 Å². The van der Waals surface area contributed by atoms with Crippen molar-refractivity contribution in [2.75, 3.05) is 38.1 Å². The van der Waals surface area contributed by atoms with Crippen molar-refractivity contribution in [3.63, 3.8) is 0 Å². The van der Waals surface area contributed by atoms with E-state index in [1.807, 2.05) is 0 Å². The molecule has 1 heterocycles. The molecule has 0 bridgehead atoms. The van der Waals surface area contributed by atoms with Gasteiger partial charge in [0.05, 0.1) is 0 Å². The lowest BCUT2D eigenvalue weighted by Crippen LogP contribution is -2.54. The molecule has 2 aromatic carbocycles. The second kappa shape index (κ2) is 7.43. The molecular weight excluding hydrogens is 270 g/mol. The van der Waals surface area contributed by atoms with Crippen molar-refractivity contribution in [1.82, 2.24) is 10.2 Å². The number of para-hydroxylation sites is 1. The first-order valence-electron chi connectivity index (χ1n) is 8.07. The Hall–Kier alpha value is -1.84. The lowest BCUT2D eigenvalue weighted by atomic mass is 10.1. The van der Waals surface area contributed by atoms with Crippen molar-refractivity contribution in [3.8, 4) is 0 Å². The van der Waals surface area contributed by atoms with Crippen LogP contribution in [0.3, 0.4) is 0 Å². The van der Waals surface area contributed by atoms with Crippen molar-refractivity contribution >= 4 is 5.69 Å². The molecule has 3 rings (SSSR count). The van der Waals surface area contributed by atoms with E-state index in [4.69, 9.17) is 0 Å². The second-order valence-electron chi connectivity index (χ2n) is 6.09. The van der Waals surface area contributed by atoms with Gasteiger partial charge in [0.15, 0.2) is 0 Å². The zero-order valence-electron chi connectivity index (χ0n) is 13.3.